The largest absolute Gasteiger partial charge is 0.507 e. The Bertz CT molecular complexity index is 511. The summed E-state index contributed by atoms with van der Waals surface area (Å²) in [6, 6.07) is 5.95. The third-order valence-corrected chi connectivity index (χ3v) is 3.33. The smallest absolute Gasteiger partial charge is 0.269 e. The lowest BCUT2D eigenvalue weighted by Crippen LogP contribution is -2.63. The second kappa shape index (κ2) is 6.37. The monoisotopic (exact) mass is 298 g/mol. The molecular formula is C13H18N2O6. The average Bonchev–Trinajstić information content (AvgIpc) is 2.47. The molecule has 21 heavy (non-hydrogen) atoms. The third-order valence-electron chi connectivity index (χ3n) is 3.33. The maximum Gasteiger partial charge on any atom is 0.269 e. The standard InChI is InChI=1S/C13H18N2O6/c1-6-9(17)10(18)11(19)13(21-6)15-14-12(20)7-4-2-3-5-8(7)16/h2-6,9-11,13,15-19H,1H3,(H,14,20)/t6-,9-,10+,11+,13-/m0/s1. The Morgan fingerprint density at radius 1 is 1.14 bits per heavy atom. The number of amides is 1. The molecule has 1 amide bonds. The Hall–Kier alpha value is -1.71. The normalized spacial score (nSPS) is 32.7. The summed E-state index contributed by atoms with van der Waals surface area (Å²) in [6.45, 7) is 1.53. The number of nitrogens with one attached hydrogen (secondary N) is 2. The van der Waals surface area contributed by atoms with Crippen LogP contribution in [0.4, 0.5) is 0 Å². The summed E-state index contributed by atoms with van der Waals surface area (Å²) in [5.41, 5.74) is 4.74. The van der Waals surface area contributed by atoms with Crippen LogP contribution in [0.15, 0.2) is 24.3 Å². The number of aliphatic hydroxyl groups excluding tert-OH is 3. The van der Waals surface area contributed by atoms with Gasteiger partial charge in [0.1, 0.15) is 24.1 Å². The topological polar surface area (TPSA) is 131 Å². The molecule has 1 aliphatic heterocycles. The molecule has 116 valence electrons. The van der Waals surface area contributed by atoms with E-state index >= 15 is 0 Å². The van der Waals surface area contributed by atoms with E-state index in [1.807, 2.05) is 0 Å². The number of aliphatic hydroxyl groups is 3. The van der Waals surface area contributed by atoms with Gasteiger partial charge in [0.15, 0.2) is 6.23 Å². The maximum absolute atomic E-state index is 11.9. The molecule has 1 saturated heterocycles. The van der Waals surface area contributed by atoms with Gasteiger partial charge < -0.3 is 25.2 Å². The van der Waals surface area contributed by atoms with E-state index in [4.69, 9.17) is 4.74 Å². The van der Waals surface area contributed by atoms with Crippen molar-refractivity contribution in [3.63, 3.8) is 0 Å². The molecule has 1 aliphatic rings. The number of hydrogen-bond donors (Lipinski definition) is 6. The minimum absolute atomic E-state index is 0.0453. The van der Waals surface area contributed by atoms with E-state index in [9.17, 15) is 25.2 Å². The zero-order chi connectivity index (χ0) is 15.6. The molecule has 0 spiro atoms. The third kappa shape index (κ3) is 3.31. The quantitative estimate of drug-likeness (QED) is 0.373. The number of phenolic OH excluding ortho intramolecular Hbond substituents is 1. The average molecular weight is 298 g/mol. The van der Waals surface area contributed by atoms with Crippen molar-refractivity contribution in [1.82, 2.24) is 10.9 Å². The number of hydrazine groups is 1. The molecule has 8 nitrogen and oxygen atoms in total. The van der Waals surface area contributed by atoms with Gasteiger partial charge in [0.25, 0.3) is 5.91 Å². The van der Waals surface area contributed by atoms with Gasteiger partial charge in [0, 0.05) is 0 Å². The summed E-state index contributed by atoms with van der Waals surface area (Å²) in [4.78, 5) is 11.9. The van der Waals surface area contributed by atoms with Gasteiger partial charge in [0.2, 0.25) is 0 Å². The lowest BCUT2D eigenvalue weighted by molar-refractivity contribution is -0.226. The Morgan fingerprint density at radius 2 is 1.81 bits per heavy atom. The summed E-state index contributed by atoms with van der Waals surface area (Å²) in [7, 11) is 0. The van der Waals surface area contributed by atoms with Gasteiger partial charge in [-0.3, -0.25) is 10.2 Å². The first kappa shape index (κ1) is 15.7. The van der Waals surface area contributed by atoms with Crippen LogP contribution in [0.1, 0.15) is 17.3 Å². The summed E-state index contributed by atoms with van der Waals surface area (Å²) in [5, 5.41) is 38.5. The molecule has 5 atom stereocenters. The highest BCUT2D eigenvalue weighted by Crippen LogP contribution is 2.19. The molecule has 6 N–H and O–H groups in total. The zero-order valence-corrected chi connectivity index (χ0v) is 11.3. The molecule has 1 aromatic rings. The lowest BCUT2D eigenvalue weighted by atomic mass is 9.99. The summed E-state index contributed by atoms with van der Waals surface area (Å²) >= 11 is 0. The Kier molecular flexibility index (Phi) is 4.76. The zero-order valence-electron chi connectivity index (χ0n) is 11.3. The van der Waals surface area contributed by atoms with Crippen LogP contribution in [-0.2, 0) is 4.74 Å². The predicted octanol–water partition coefficient (Wildman–Crippen LogP) is -1.55. The van der Waals surface area contributed by atoms with Crippen molar-refractivity contribution in [2.75, 3.05) is 0 Å². The van der Waals surface area contributed by atoms with Crippen LogP contribution in [0.25, 0.3) is 0 Å². The van der Waals surface area contributed by atoms with E-state index in [0.717, 1.165) is 0 Å². The minimum atomic E-state index is -1.42. The number of aromatic hydroxyl groups is 1. The molecule has 0 aromatic heterocycles. The summed E-state index contributed by atoms with van der Waals surface area (Å²) in [5.74, 6) is -0.817. The molecule has 0 unspecified atom stereocenters. The second-order valence-corrected chi connectivity index (χ2v) is 4.85. The van der Waals surface area contributed by atoms with Gasteiger partial charge in [-0.1, -0.05) is 12.1 Å². The van der Waals surface area contributed by atoms with Crippen LogP contribution in [0.5, 0.6) is 5.75 Å². The molecule has 1 heterocycles. The van der Waals surface area contributed by atoms with Gasteiger partial charge >= 0.3 is 0 Å². The van der Waals surface area contributed by atoms with Crippen molar-refractivity contribution in [3.05, 3.63) is 29.8 Å². The molecule has 2 rings (SSSR count). The predicted molar refractivity (Wildman–Crippen MR) is 71.1 cm³/mol. The molecule has 1 fully saturated rings. The number of carbonyl (C=O) groups excluding carboxylic acids is 1. The number of benzene rings is 1. The fourth-order valence-corrected chi connectivity index (χ4v) is 2.04. The Balaban J connectivity index is 1.97. The summed E-state index contributed by atoms with van der Waals surface area (Å²) < 4.78 is 5.25. The molecule has 8 heteroatoms. The molecular weight excluding hydrogens is 280 g/mol. The summed E-state index contributed by atoms with van der Waals surface area (Å²) in [6.07, 6.45) is -5.84. The van der Waals surface area contributed by atoms with Crippen LogP contribution in [0.3, 0.4) is 0 Å². The van der Waals surface area contributed by atoms with Gasteiger partial charge in [-0.25, -0.2) is 5.43 Å². The van der Waals surface area contributed by atoms with Gasteiger partial charge in [-0.15, -0.1) is 0 Å². The fraction of sp³-hybridized carbons (Fsp3) is 0.462. The van der Waals surface area contributed by atoms with Crippen LogP contribution in [-0.4, -0.2) is 57.0 Å². The Labute approximate surface area is 121 Å². The SMILES string of the molecule is C[C@@H]1O[C@H](NNC(=O)c2ccccc2O)[C@H](O)[C@H](O)[C@H]1O. The second-order valence-electron chi connectivity index (χ2n) is 4.85. The fourth-order valence-electron chi connectivity index (χ4n) is 2.04. The van der Waals surface area contributed by atoms with Crippen molar-refractivity contribution < 1.29 is 30.0 Å². The molecule has 1 aromatic carbocycles. The van der Waals surface area contributed by atoms with E-state index in [0.29, 0.717) is 0 Å². The first-order chi connectivity index (χ1) is 9.91. The van der Waals surface area contributed by atoms with E-state index in [2.05, 4.69) is 10.9 Å². The van der Waals surface area contributed by atoms with Gasteiger partial charge in [0.05, 0.1) is 11.7 Å². The molecule has 0 aliphatic carbocycles. The van der Waals surface area contributed by atoms with Crippen molar-refractivity contribution in [2.24, 2.45) is 0 Å². The lowest BCUT2D eigenvalue weighted by Gasteiger charge is -2.39. The van der Waals surface area contributed by atoms with Crippen molar-refractivity contribution >= 4 is 5.91 Å². The van der Waals surface area contributed by atoms with E-state index < -0.39 is 36.6 Å². The number of carbonyl (C=O) groups is 1. The Morgan fingerprint density at radius 3 is 2.48 bits per heavy atom. The number of para-hydroxylation sites is 1. The molecule has 0 bridgehead atoms. The van der Waals surface area contributed by atoms with Crippen molar-refractivity contribution in [2.45, 2.75) is 37.6 Å². The van der Waals surface area contributed by atoms with Crippen LogP contribution >= 0.6 is 0 Å². The number of hydrogen-bond acceptors (Lipinski definition) is 7. The van der Waals surface area contributed by atoms with E-state index in [1.54, 1.807) is 12.1 Å². The van der Waals surface area contributed by atoms with Crippen molar-refractivity contribution in [3.8, 4) is 5.75 Å². The van der Waals surface area contributed by atoms with Crippen LogP contribution < -0.4 is 10.9 Å². The number of ether oxygens (including phenoxy) is 1. The van der Waals surface area contributed by atoms with Crippen LogP contribution in [0, 0.1) is 0 Å². The number of phenols is 1. The first-order valence-electron chi connectivity index (χ1n) is 6.45. The highest BCUT2D eigenvalue weighted by Gasteiger charge is 2.41. The van der Waals surface area contributed by atoms with Crippen molar-refractivity contribution in [1.29, 1.82) is 0 Å². The van der Waals surface area contributed by atoms with E-state index in [-0.39, 0.29) is 11.3 Å². The van der Waals surface area contributed by atoms with Gasteiger partial charge in [-0.05, 0) is 19.1 Å². The number of rotatable bonds is 3. The van der Waals surface area contributed by atoms with Crippen LogP contribution in [0.2, 0.25) is 0 Å². The highest BCUT2D eigenvalue weighted by molar-refractivity contribution is 5.96. The molecule has 0 radical (unpaired) electrons. The van der Waals surface area contributed by atoms with Gasteiger partial charge in [-0.2, -0.15) is 0 Å². The maximum atomic E-state index is 11.9. The first-order valence-corrected chi connectivity index (χ1v) is 6.45. The highest BCUT2D eigenvalue weighted by atomic mass is 16.5. The van der Waals surface area contributed by atoms with E-state index in [1.165, 1.54) is 19.1 Å². The molecule has 0 saturated carbocycles. The minimum Gasteiger partial charge on any atom is -0.507 e.